The topological polar surface area (TPSA) is 67.1 Å². The summed E-state index contributed by atoms with van der Waals surface area (Å²) < 4.78 is 1.97. The number of benzene rings is 1. The van der Waals surface area contributed by atoms with E-state index in [-0.39, 0.29) is 30.0 Å². The van der Waals surface area contributed by atoms with Crippen molar-refractivity contribution in [3.05, 3.63) is 46.5 Å². The van der Waals surface area contributed by atoms with E-state index in [0.29, 0.717) is 6.54 Å². The van der Waals surface area contributed by atoms with Gasteiger partial charge in [-0.1, -0.05) is 18.2 Å². The minimum atomic E-state index is 0. The van der Waals surface area contributed by atoms with Crippen LogP contribution in [-0.2, 0) is 26.4 Å². The summed E-state index contributed by atoms with van der Waals surface area (Å²) in [6.45, 7) is 7.53. The minimum Gasteiger partial charge on any atom is -0.357 e. The van der Waals surface area contributed by atoms with Crippen LogP contribution >= 0.6 is 24.0 Å². The van der Waals surface area contributed by atoms with Crippen molar-refractivity contribution >= 4 is 29.9 Å². The molecule has 0 saturated carbocycles. The molecule has 2 N–H and O–H groups in total. The van der Waals surface area contributed by atoms with Crippen LogP contribution in [0.15, 0.2) is 23.2 Å². The van der Waals surface area contributed by atoms with E-state index in [9.17, 15) is 0 Å². The molecule has 2 aromatic rings. The van der Waals surface area contributed by atoms with Crippen LogP contribution in [0, 0.1) is 6.92 Å². The number of hydrogen-bond donors (Lipinski definition) is 2. The largest absolute Gasteiger partial charge is 0.357 e. The lowest BCUT2D eigenvalue weighted by atomic mass is 9.89. The van der Waals surface area contributed by atoms with Crippen LogP contribution in [0.1, 0.15) is 61.1 Å². The second-order valence-corrected chi connectivity index (χ2v) is 7.02. The third-order valence-corrected chi connectivity index (χ3v) is 5.13. The molecule has 1 aliphatic carbocycles. The Morgan fingerprint density at radius 1 is 1.22 bits per heavy atom. The summed E-state index contributed by atoms with van der Waals surface area (Å²) in [6, 6.07) is 7.11. The molecule has 0 radical (unpaired) electrons. The van der Waals surface area contributed by atoms with Crippen LogP contribution in [-0.4, -0.2) is 27.3 Å². The summed E-state index contributed by atoms with van der Waals surface area (Å²) in [5.74, 6) is 2.56. The van der Waals surface area contributed by atoms with Crippen LogP contribution in [0.5, 0.6) is 0 Å². The zero-order valence-corrected chi connectivity index (χ0v) is 19.1. The van der Waals surface area contributed by atoms with Gasteiger partial charge in [0, 0.05) is 13.6 Å². The van der Waals surface area contributed by atoms with Gasteiger partial charge in [0.05, 0.1) is 6.04 Å². The second-order valence-electron chi connectivity index (χ2n) is 7.02. The van der Waals surface area contributed by atoms with Crippen LogP contribution in [0.2, 0.25) is 0 Å². The zero-order chi connectivity index (χ0) is 18.5. The Bertz CT molecular complexity index is 783. The summed E-state index contributed by atoms with van der Waals surface area (Å²) in [6.07, 6.45) is 5.05. The predicted octanol–water partition coefficient (Wildman–Crippen LogP) is 3.44. The Kier molecular flexibility index (Phi) is 8.07. The van der Waals surface area contributed by atoms with Gasteiger partial charge in [0.1, 0.15) is 12.4 Å². The number of fused-ring (bicyclic) bond motifs is 1. The van der Waals surface area contributed by atoms with Gasteiger partial charge in [-0.15, -0.1) is 34.2 Å². The van der Waals surface area contributed by atoms with Crippen molar-refractivity contribution in [2.24, 2.45) is 12.0 Å². The molecule has 27 heavy (non-hydrogen) atoms. The highest BCUT2D eigenvalue weighted by molar-refractivity contribution is 14.0. The third-order valence-electron chi connectivity index (χ3n) is 5.13. The fourth-order valence-corrected chi connectivity index (χ4v) is 3.37. The summed E-state index contributed by atoms with van der Waals surface area (Å²) in [5, 5.41) is 15.1. The highest BCUT2D eigenvalue weighted by atomic mass is 127. The maximum atomic E-state index is 4.68. The lowest BCUT2D eigenvalue weighted by Crippen LogP contribution is -2.38. The van der Waals surface area contributed by atoms with Gasteiger partial charge < -0.3 is 15.2 Å². The predicted molar refractivity (Wildman–Crippen MR) is 121 cm³/mol. The molecule has 1 heterocycles. The van der Waals surface area contributed by atoms with Gasteiger partial charge in [-0.3, -0.25) is 0 Å². The summed E-state index contributed by atoms with van der Waals surface area (Å²) in [7, 11) is 1.97. The maximum Gasteiger partial charge on any atom is 0.192 e. The molecular weight excluding hydrogens is 451 g/mol. The number of guanidine groups is 1. The highest BCUT2D eigenvalue weighted by Crippen LogP contribution is 2.24. The first-order chi connectivity index (χ1) is 12.6. The van der Waals surface area contributed by atoms with Gasteiger partial charge in [-0.05, 0) is 63.1 Å². The number of halogens is 1. The highest BCUT2D eigenvalue weighted by Gasteiger charge is 2.13. The van der Waals surface area contributed by atoms with E-state index in [1.54, 1.807) is 0 Å². The van der Waals surface area contributed by atoms with E-state index >= 15 is 0 Å². The van der Waals surface area contributed by atoms with E-state index in [2.05, 4.69) is 57.9 Å². The molecule has 1 aliphatic rings. The number of aliphatic imine (C=N–C) groups is 1. The molecule has 1 aromatic carbocycles. The molecule has 7 heteroatoms. The Labute approximate surface area is 179 Å². The lowest BCUT2D eigenvalue weighted by molar-refractivity contribution is 0.664. The molecule has 6 nitrogen and oxygen atoms in total. The van der Waals surface area contributed by atoms with E-state index in [1.165, 1.54) is 42.4 Å². The van der Waals surface area contributed by atoms with Crippen molar-refractivity contribution in [1.82, 2.24) is 25.4 Å². The second kappa shape index (κ2) is 10.1. The summed E-state index contributed by atoms with van der Waals surface area (Å²) >= 11 is 0. The van der Waals surface area contributed by atoms with Crippen LogP contribution in [0.4, 0.5) is 0 Å². The Morgan fingerprint density at radius 2 is 1.96 bits per heavy atom. The molecule has 0 saturated heterocycles. The molecule has 1 atom stereocenters. The Hall–Kier alpha value is -1.64. The third kappa shape index (κ3) is 5.43. The van der Waals surface area contributed by atoms with E-state index in [0.717, 1.165) is 24.2 Å². The smallest absolute Gasteiger partial charge is 0.192 e. The van der Waals surface area contributed by atoms with Crippen LogP contribution in [0.25, 0.3) is 0 Å². The number of rotatable bonds is 5. The summed E-state index contributed by atoms with van der Waals surface area (Å²) in [4.78, 5) is 4.68. The van der Waals surface area contributed by atoms with Crippen molar-refractivity contribution in [1.29, 1.82) is 0 Å². The monoisotopic (exact) mass is 482 g/mol. The molecule has 0 aliphatic heterocycles. The van der Waals surface area contributed by atoms with Crippen molar-refractivity contribution in [3.8, 4) is 0 Å². The first-order valence-electron chi connectivity index (χ1n) is 9.60. The molecule has 148 valence electrons. The maximum absolute atomic E-state index is 4.68. The van der Waals surface area contributed by atoms with Crippen molar-refractivity contribution in [3.63, 3.8) is 0 Å². The standard InChI is InChI=1S/C20H30N6.HI/c1-5-21-20(22-13-19-25-24-15(3)26(19)4)23-14(2)17-11-10-16-8-6-7-9-18(16)12-17;/h10-12,14H,5-9,13H2,1-4H3,(H2,21,22,23);1H. The van der Waals surface area contributed by atoms with Crippen molar-refractivity contribution < 1.29 is 0 Å². The average molecular weight is 482 g/mol. The van der Waals surface area contributed by atoms with Crippen LogP contribution < -0.4 is 10.6 Å². The van der Waals surface area contributed by atoms with Gasteiger partial charge >= 0.3 is 0 Å². The molecule has 0 spiro atoms. The minimum absolute atomic E-state index is 0. The first-order valence-corrected chi connectivity index (χ1v) is 9.60. The summed E-state index contributed by atoms with van der Waals surface area (Å²) in [5.41, 5.74) is 4.34. The molecular formula is C20H31IN6. The van der Waals surface area contributed by atoms with Gasteiger partial charge in [0.25, 0.3) is 0 Å². The van der Waals surface area contributed by atoms with Gasteiger partial charge in [0.15, 0.2) is 11.8 Å². The SMILES string of the molecule is CCNC(=NCc1nnc(C)n1C)NC(C)c1ccc2c(c1)CCCC2.I. The van der Waals surface area contributed by atoms with Gasteiger partial charge in [-0.2, -0.15) is 0 Å². The number of nitrogens with one attached hydrogen (secondary N) is 2. The molecule has 0 bridgehead atoms. The van der Waals surface area contributed by atoms with Crippen LogP contribution in [0.3, 0.4) is 0 Å². The van der Waals surface area contributed by atoms with Crippen molar-refractivity contribution in [2.45, 2.75) is 59.0 Å². The molecule has 3 rings (SSSR count). The van der Waals surface area contributed by atoms with E-state index < -0.39 is 0 Å². The first kappa shape index (κ1) is 21.7. The normalized spacial score (nSPS) is 14.9. The quantitative estimate of drug-likeness (QED) is 0.390. The van der Waals surface area contributed by atoms with E-state index in [4.69, 9.17) is 0 Å². The fourth-order valence-electron chi connectivity index (χ4n) is 3.37. The Balaban J connectivity index is 0.00000261. The molecule has 1 unspecified atom stereocenters. The Morgan fingerprint density at radius 3 is 2.63 bits per heavy atom. The molecule has 0 amide bonds. The zero-order valence-electron chi connectivity index (χ0n) is 16.7. The molecule has 0 fully saturated rings. The van der Waals surface area contributed by atoms with Gasteiger partial charge in [0.2, 0.25) is 0 Å². The molecule has 1 aromatic heterocycles. The number of aryl methyl sites for hydroxylation is 3. The number of hydrogen-bond acceptors (Lipinski definition) is 3. The average Bonchev–Trinajstić information content (AvgIpc) is 2.97. The fraction of sp³-hybridized carbons (Fsp3) is 0.550. The van der Waals surface area contributed by atoms with Gasteiger partial charge in [-0.25, -0.2) is 4.99 Å². The lowest BCUT2D eigenvalue weighted by Gasteiger charge is -2.21. The number of nitrogens with zero attached hydrogens (tertiary/aromatic N) is 4. The van der Waals surface area contributed by atoms with Crippen molar-refractivity contribution in [2.75, 3.05) is 6.54 Å². The van der Waals surface area contributed by atoms with E-state index in [1.807, 2.05) is 18.5 Å². The number of aromatic nitrogens is 3.